The van der Waals surface area contributed by atoms with Crippen LogP contribution in [0.1, 0.15) is 32.1 Å². The zero-order valence-electron chi connectivity index (χ0n) is 22.5. The van der Waals surface area contributed by atoms with Crippen molar-refractivity contribution in [2.75, 3.05) is 39.8 Å². The molecular weight excluding hydrogens is 612 g/mol. The minimum absolute atomic E-state index is 0.107. The van der Waals surface area contributed by atoms with Gasteiger partial charge in [0.25, 0.3) is 10.0 Å². The van der Waals surface area contributed by atoms with Gasteiger partial charge >= 0.3 is 5.97 Å². The third kappa shape index (κ3) is 6.79. The summed E-state index contributed by atoms with van der Waals surface area (Å²) in [5.74, 6) is -1.03. The molecule has 3 aliphatic rings. The average molecular weight is 645 g/mol. The first-order chi connectivity index (χ1) is 19.6. The molecule has 4 atom stereocenters. The lowest BCUT2D eigenvalue weighted by atomic mass is 10.1. The number of halogens is 1. The van der Waals surface area contributed by atoms with Gasteiger partial charge in [0.2, 0.25) is 11.8 Å². The topological polar surface area (TPSA) is 137 Å². The van der Waals surface area contributed by atoms with Crippen LogP contribution in [0.4, 0.5) is 0 Å². The first-order valence-corrected chi connectivity index (χ1v) is 17.0. The molecular formula is C26H33ClN4O7S3. The summed E-state index contributed by atoms with van der Waals surface area (Å²) in [7, 11) is -2.63. The minimum atomic E-state index is -3.95. The van der Waals surface area contributed by atoms with E-state index in [1.807, 2.05) is 11.0 Å². The van der Waals surface area contributed by atoms with Gasteiger partial charge in [0.1, 0.15) is 16.3 Å². The molecule has 3 aliphatic heterocycles. The Kier molecular flexibility index (Phi) is 9.38. The number of hydrogen-bond acceptors (Lipinski definition) is 10. The fraction of sp³-hybridized carbons (Fsp3) is 0.577. The average Bonchev–Trinajstić information content (AvgIpc) is 3.73. The predicted octanol–water partition coefficient (Wildman–Crippen LogP) is 2.00. The van der Waals surface area contributed by atoms with Gasteiger partial charge in [0.15, 0.2) is 0 Å². The zero-order chi connectivity index (χ0) is 29.3. The molecule has 2 N–H and O–H groups in total. The SMILES string of the molecule is COC(=O)[C@@H]1C[C@@H](O)CN1C[C@@H]1CCCN1C(=O)CN1CCC[C@H](NS(=O)(=O)c2ccc(-c3ccc(Cl)s3)s2)C1=O. The molecule has 0 radical (unpaired) electrons. The van der Waals surface area contributed by atoms with Crippen molar-refractivity contribution in [2.45, 2.75) is 60.5 Å². The van der Waals surface area contributed by atoms with Crippen LogP contribution in [0, 0.1) is 0 Å². The van der Waals surface area contributed by atoms with Gasteiger partial charge in [-0.25, -0.2) is 8.42 Å². The van der Waals surface area contributed by atoms with Gasteiger partial charge < -0.3 is 19.6 Å². The van der Waals surface area contributed by atoms with Gasteiger partial charge in [0.05, 0.1) is 24.1 Å². The molecule has 5 rings (SSSR count). The van der Waals surface area contributed by atoms with Crippen molar-refractivity contribution in [2.24, 2.45) is 0 Å². The largest absolute Gasteiger partial charge is 0.468 e. The predicted molar refractivity (Wildman–Crippen MR) is 155 cm³/mol. The molecule has 0 saturated carbocycles. The van der Waals surface area contributed by atoms with E-state index in [9.17, 15) is 27.9 Å². The van der Waals surface area contributed by atoms with E-state index in [1.54, 1.807) is 17.0 Å². The Labute approximate surface area is 252 Å². The number of ether oxygens (including phenoxy) is 1. The number of hydrogen-bond donors (Lipinski definition) is 2. The maximum Gasteiger partial charge on any atom is 0.323 e. The van der Waals surface area contributed by atoms with Crippen molar-refractivity contribution in [1.82, 2.24) is 19.4 Å². The molecule has 0 aliphatic carbocycles. The summed E-state index contributed by atoms with van der Waals surface area (Å²) in [5.41, 5.74) is 0. The molecule has 41 heavy (non-hydrogen) atoms. The Morgan fingerprint density at radius 3 is 2.59 bits per heavy atom. The molecule has 3 saturated heterocycles. The van der Waals surface area contributed by atoms with Gasteiger partial charge in [-0.3, -0.25) is 19.3 Å². The van der Waals surface area contributed by atoms with E-state index in [-0.39, 0.29) is 22.7 Å². The number of carbonyl (C=O) groups is 3. The van der Waals surface area contributed by atoms with Crippen LogP contribution in [0.2, 0.25) is 4.34 Å². The fourth-order valence-corrected chi connectivity index (χ4v) is 9.52. The summed E-state index contributed by atoms with van der Waals surface area (Å²) in [6, 6.07) is 5.17. The highest BCUT2D eigenvalue weighted by atomic mass is 35.5. The number of aliphatic hydroxyl groups excluding tert-OH is 1. The van der Waals surface area contributed by atoms with E-state index in [2.05, 4.69) is 4.72 Å². The standard InChI is InChI=1S/C26H33ClN4O7S3/c1-38-26(35)19-12-17(32)14-30(19)13-16-4-2-11-31(16)23(33)15-29-10-3-5-18(25(29)34)28-41(36,37)24-9-7-21(40-24)20-6-8-22(27)39-20/h6-9,16-19,28,32H,2-5,10-15H2,1H3/t16-,17+,18-,19-/m0/s1. The number of esters is 1. The quantitative estimate of drug-likeness (QED) is 0.396. The maximum atomic E-state index is 13.4. The summed E-state index contributed by atoms with van der Waals surface area (Å²) in [6.45, 7) is 1.53. The number of nitrogens with zero attached hydrogens (tertiary/aromatic N) is 3. The van der Waals surface area contributed by atoms with Crippen molar-refractivity contribution in [1.29, 1.82) is 0 Å². The van der Waals surface area contributed by atoms with E-state index in [4.69, 9.17) is 16.3 Å². The number of methoxy groups -OCH3 is 1. The van der Waals surface area contributed by atoms with E-state index in [1.165, 1.54) is 29.4 Å². The lowest BCUT2D eigenvalue weighted by Gasteiger charge is -2.35. The lowest BCUT2D eigenvalue weighted by molar-refractivity contribution is -0.146. The van der Waals surface area contributed by atoms with Crippen LogP contribution >= 0.6 is 34.3 Å². The van der Waals surface area contributed by atoms with Crippen molar-refractivity contribution in [3.63, 3.8) is 0 Å². The normalized spacial score (nSPS) is 25.7. The molecule has 2 amide bonds. The number of piperidine rings is 1. The van der Waals surface area contributed by atoms with Crippen LogP contribution in [-0.2, 0) is 29.1 Å². The molecule has 224 valence electrons. The molecule has 2 aromatic heterocycles. The third-order valence-electron chi connectivity index (χ3n) is 7.81. The van der Waals surface area contributed by atoms with Crippen molar-refractivity contribution in [3.05, 3.63) is 28.6 Å². The van der Waals surface area contributed by atoms with Gasteiger partial charge in [0, 0.05) is 48.4 Å². The number of rotatable bonds is 9. The van der Waals surface area contributed by atoms with Crippen molar-refractivity contribution < 1.29 is 32.6 Å². The number of carbonyl (C=O) groups excluding carboxylic acids is 3. The van der Waals surface area contributed by atoms with E-state index in [0.717, 1.165) is 33.9 Å². The summed E-state index contributed by atoms with van der Waals surface area (Å²) < 4.78 is 34.4. The molecule has 0 aromatic carbocycles. The summed E-state index contributed by atoms with van der Waals surface area (Å²) in [5, 5.41) is 10.1. The summed E-state index contributed by atoms with van der Waals surface area (Å²) in [4.78, 5) is 45.5. The van der Waals surface area contributed by atoms with E-state index in [0.29, 0.717) is 49.8 Å². The molecule has 3 fully saturated rings. The van der Waals surface area contributed by atoms with Gasteiger partial charge in [-0.2, -0.15) is 4.72 Å². The second kappa shape index (κ2) is 12.7. The van der Waals surface area contributed by atoms with Gasteiger partial charge in [-0.1, -0.05) is 11.6 Å². The van der Waals surface area contributed by atoms with Gasteiger partial charge in [-0.15, -0.1) is 22.7 Å². The smallest absolute Gasteiger partial charge is 0.323 e. The Morgan fingerprint density at radius 2 is 1.85 bits per heavy atom. The number of sulfonamides is 1. The second-order valence-electron chi connectivity index (χ2n) is 10.6. The highest BCUT2D eigenvalue weighted by Gasteiger charge is 2.41. The van der Waals surface area contributed by atoms with Gasteiger partial charge in [-0.05, 0) is 49.9 Å². The number of thiophene rings is 2. The maximum absolute atomic E-state index is 13.4. The molecule has 11 nitrogen and oxygen atoms in total. The number of aliphatic hydroxyl groups is 1. The molecule has 0 bridgehead atoms. The highest BCUT2D eigenvalue weighted by Crippen LogP contribution is 2.37. The van der Waals surface area contributed by atoms with Crippen LogP contribution in [0.25, 0.3) is 9.75 Å². The van der Waals surface area contributed by atoms with Crippen LogP contribution in [0.5, 0.6) is 0 Å². The van der Waals surface area contributed by atoms with Crippen LogP contribution in [-0.4, -0.2) is 110 Å². The number of likely N-dealkylation sites (tertiary alicyclic amines) is 3. The van der Waals surface area contributed by atoms with Crippen LogP contribution in [0.15, 0.2) is 28.5 Å². The van der Waals surface area contributed by atoms with Crippen LogP contribution < -0.4 is 4.72 Å². The number of nitrogens with one attached hydrogen (secondary N) is 1. The first-order valence-electron chi connectivity index (χ1n) is 13.5. The first kappa shape index (κ1) is 30.4. The zero-order valence-corrected chi connectivity index (χ0v) is 25.7. The van der Waals surface area contributed by atoms with E-state index >= 15 is 0 Å². The Hall–Kier alpha value is -2.07. The summed E-state index contributed by atoms with van der Waals surface area (Å²) in [6.07, 6.45) is 2.12. The second-order valence-corrected chi connectivity index (χ2v) is 15.3. The summed E-state index contributed by atoms with van der Waals surface area (Å²) >= 11 is 8.48. The number of β-amino-alcohol motifs (C(OH)–C–C–N with tert-alkyl or cyclic N) is 1. The monoisotopic (exact) mass is 644 g/mol. The molecule has 5 heterocycles. The minimum Gasteiger partial charge on any atom is -0.468 e. The molecule has 2 aromatic rings. The molecule has 15 heteroatoms. The van der Waals surface area contributed by atoms with Crippen molar-refractivity contribution >= 4 is 62.1 Å². The highest BCUT2D eigenvalue weighted by molar-refractivity contribution is 7.91. The lowest BCUT2D eigenvalue weighted by Crippen LogP contribution is -2.55. The van der Waals surface area contributed by atoms with E-state index < -0.39 is 40.1 Å². The molecule has 0 unspecified atom stereocenters. The Balaban J connectivity index is 1.20. The molecule has 0 spiro atoms. The Bertz CT molecular complexity index is 1400. The Morgan fingerprint density at radius 1 is 1.12 bits per heavy atom. The number of amides is 2. The van der Waals surface area contributed by atoms with Crippen LogP contribution in [0.3, 0.4) is 0 Å². The third-order valence-corrected chi connectivity index (χ3v) is 12.3. The fourth-order valence-electron chi connectivity index (χ4n) is 5.84. The van der Waals surface area contributed by atoms with Crippen molar-refractivity contribution in [3.8, 4) is 9.75 Å².